The van der Waals surface area contributed by atoms with Gasteiger partial charge in [0.25, 0.3) is 0 Å². The lowest BCUT2D eigenvalue weighted by molar-refractivity contribution is -0.148. The zero-order chi connectivity index (χ0) is 11.8. The van der Waals surface area contributed by atoms with E-state index in [4.69, 9.17) is 14.7 Å². The zero-order valence-electron chi connectivity index (χ0n) is 9.05. The molecule has 2 aliphatic heterocycles. The summed E-state index contributed by atoms with van der Waals surface area (Å²) in [6.45, 7) is 0.708. The van der Waals surface area contributed by atoms with Crippen molar-refractivity contribution in [2.75, 3.05) is 6.61 Å². The highest BCUT2D eigenvalue weighted by Gasteiger charge is 2.28. The standard InChI is InChI=1S/C12H11NO4/c14-12(15)11-6-9(13-17-11)7-1-2-10-8(5-7)3-4-16-10/h1-2,5,11H,3-4,6H2,(H,14,15). The zero-order valence-corrected chi connectivity index (χ0v) is 9.05. The molecule has 0 aliphatic carbocycles. The largest absolute Gasteiger partial charge is 0.493 e. The second-order valence-corrected chi connectivity index (χ2v) is 4.10. The van der Waals surface area contributed by atoms with Gasteiger partial charge in [0.15, 0.2) is 0 Å². The summed E-state index contributed by atoms with van der Waals surface area (Å²) >= 11 is 0. The quantitative estimate of drug-likeness (QED) is 0.833. The van der Waals surface area contributed by atoms with Crippen LogP contribution in [-0.2, 0) is 16.1 Å². The fraction of sp³-hybridized carbons (Fsp3) is 0.333. The lowest BCUT2D eigenvalue weighted by Crippen LogP contribution is -2.19. The molecule has 5 nitrogen and oxygen atoms in total. The molecular formula is C12H11NO4. The Labute approximate surface area is 97.6 Å². The van der Waals surface area contributed by atoms with Gasteiger partial charge in [-0.25, -0.2) is 4.79 Å². The Morgan fingerprint density at radius 2 is 2.35 bits per heavy atom. The molecule has 1 atom stereocenters. The second kappa shape index (κ2) is 3.76. The van der Waals surface area contributed by atoms with E-state index in [0.29, 0.717) is 18.7 Å². The molecule has 0 bridgehead atoms. The fourth-order valence-electron chi connectivity index (χ4n) is 2.05. The number of benzene rings is 1. The third kappa shape index (κ3) is 1.73. The Morgan fingerprint density at radius 1 is 1.47 bits per heavy atom. The maximum Gasteiger partial charge on any atom is 0.348 e. The van der Waals surface area contributed by atoms with Crippen molar-refractivity contribution in [2.45, 2.75) is 18.9 Å². The second-order valence-electron chi connectivity index (χ2n) is 4.10. The van der Waals surface area contributed by atoms with Crippen LogP contribution in [0.25, 0.3) is 0 Å². The van der Waals surface area contributed by atoms with Crippen LogP contribution in [0.4, 0.5) is 0 Å². The molecule has 17 heavy (non-hydrogen) atoms. The average molecular weight is 233 g/mol. The molecule has 0 aromatic heterocycles. The first kappa shape index (κ1) is 10.1. The molecule has 0 saturated heterocycles. The van der Waals surface area contributed by atoms with Gasteiger partial charge in [0.1, 0.15) is 5.75 Å². The number of fused-ring (bicyclic) bond motifs is 1. The van der Waals surface area contributed by atoms with Crippen molar-refractivity contribution in [3.63, 3.8) is 0 Å². The number of aliphatic carboxylic acids is 1. The molecule has 0 saturated carbocycles. The topological polar surface area (TPSA) is 68.1 Å². The van der Waals surface area contributed by atoms with E-state index in [-0.39, 0.29) is 0 Å². The molecule has 0 fully saturated rings. The minimum Gasteiger partial charge on any atom is -0.493 e. The molecule has 2 heterocycles. The van der Waals surface area contributed by atoms with Gasteiger partial charge < -0.3 is 14.7 Å². The Balaban J connectivity index is 1.84. The monoisotopic (exact) mass is 233 g/mol. The number of hydrogen-bond donors (Lipinski definition) is 1. The van der Waals surface area contributed by atoms with Crippen LogP contribution in [0.15, 0.2) is 23.4 Å². The Hall–Kier alpha value is -2.04. The summed E-state index contributed by atoms with van der Waals surface area (Å²) in [5.41, 5.74) is 2.74. The van der Waals surface area contributed by atoms with Gasteiger partial charge >= 0.3 is 5.97 Å². The predicted molar refractivity (Wildman–Crippen MR) is 59.3 cm³/mol. The van der Waals surface area contributed by atoms with Crippen LogP contribution >= 0.6 is 0 Å². The van der Waals surface area contributed by atoms with Crippen LogP contribution in [0.3, 0.4) is 0 Å². The highest BCUT2D eigenvalue weighted by molar-refractivity contribution is 6.03. The highest BCUT2D eigenvalue weighted by atomic mass is 16.7. The van der Waals surface area contributed by atoms with Crippen LogP contribution in [0.1, 0.15) is 17.5 Å². The minimum absolute atomic E-state index is 0.314. The Morgan fingerprint density at radius 3 is 3.12 bits per heavy atom. The van der Waals surface area contributed by atoms with E-state index in [1.165, 1.54) is 0 Å². The molecule has 1 N–H and O–H groups in total. The van der Waals surface area contributed by atoms with Crippen molar-refractivity contribution in [1.29, 1.82) is 0 Å². The molecule has 88 valence electrons. The third-order valence-electron chi connectivity index (χ3n) is 2.97. The summed E-state index contributed by atoms with van der Waals surface area (Å²) in [7, 11) is 0. The van der Waals surface area contributed by atoms with Crippen molar-refractivity contribution < 1.29 is 19.5 Å². The molecular weight excluding hydrogens is 222 g/mol. The number of rotatable bonds is 2. The number of hydrogen-bond acceptors (Lipinski definition) is 4. The van der Waals surface area contributed by atoms with Crippen LogP contribution in [0, 0.1) is 0 Å². The van der Waals surface area contributed by atoms with Gasteiger partial charge in [0.2, 0.25) is 6.10 Å². The Bertz CT molecular complexity index is 509. The molecule has 5 heteroatoms. The van der Waals surface area contributed by atoms with Crippen LogP contribution < -0.4 is 4.74 Å². The van der Waals surface area contributed by atoms with Gasteiger partial charge in [-0.05, 0) is 29.3 Å². The molecule has 2 aliphatic rings. The minimum atomic E-state index is -0.978. The van der Waals surface area contributed by atoms with Gasteiger partial charge in [-0.2, -0.15) is 0 Å². The number of carboxylic acid groups (broad SMARTS) is 1. The summed E-state index contributed by atoms with van der Waals surface area (Å²) in [6.07, 6.45) is 0.351. The maximum atomic E-state index is 10.7. The van der Waals surface area contributed by atoms with Crippen molar-refractivity contribution >= 4 is 11.7 Å². The molecule has 3 rings (SSSR count). The number of carboxylic acids is 1. The summed E-state index contributed by atoms with van der Waals surface area (Å²) in [5, 5.41) is 12.6. The van der Waals surface area contributed by atoms with Crippen molar-refractivity contribution in [1.82, 2.24) is 0 Å². The average Bonchev–Trinajstić information content (AvgIpc) is 2.97. The lowest BCUT2D eigenvalue weighted by atomic mass is 10.0. The van der Waals surface area contributed by atoms with E-state index < -0.39 is 12.1 Å². The molecule has 1 aromatic rings. The van der Waals surface area contributed by atoms with Gasteiger partial charge in [-0.1, -0.05) is 5.16 Å². The van der Waals surface area contributed by atoms with Crippen molar-refractivity contribution in [3.05, 3.63) is 29.3 Å². The van der Waals surface area contributed by atoms with E-state index in [1.54, 1.807) is 0 Å². The summed E-state index contributed by atoms with van der Waals surface area (Å²) in [6, 6.07) is 5.78. The Kier molecular flexibility index (Phi) is 2.24. The first-order valence-corrected chi connectivity index (χ1v) is 5.45. The molecule has 0 spiro atoms. The predicted octanol–water partition coefficient (Wildman–Crippen LogP) is 1.20. The van der Waals surface area contributed by atoms with Crippen LogP contribution in [-0.4, -0.2) is 29.5 Å². The van der Waals surface area contributed by atoms with Crippen molar-refractivity contribution in [3.8, 4) is 5.75 Å². The van der Waals surface area contributed by atoms with Gasteiger partial charge in [-0.3, -0.25) is 0 Å². The number of oxime groups is 1. The normalized spacial score (nSPS) is 21.4. The molecule has 1 unspecified atom stereocenters. The molecule has 0 amide bonds. The highest BCUT2D eigenvalue weighted by Crippen LogP contribution is 2.27. The maximum absolute atomic E-state index is 10.7. The van der Waals surface area contributed by atoms with Crippen LogP contribution in [0.5, 0.6) is 5.75 Å². The smallest absolute Gasteiger partial charge is 0.348 e. The SMILES string of the molecule is O=C(O)C1CC(c2ccc3c(c2)CCO3)=NO1. The lowest BCUT2D eigenvalue weighted by Gasteiger charge is -2.02. The van der Waals surface area contributed by atoms with E-state index in [1.807, 2.05) is 18.2 Å². The van der Waals surface area contributed by atoms with E-state index in [0.717, 1.165) is 23.3 Å². The van der Waals surface area contributed by atoms with Crippen molar-refractivity contribution in [2.24, 2.45) is 5.16 Å². The van der Waals surface area contributed by atoms with E-state index in [9.17, 15) is 4.79 Å². The van der Waals surface area contributed by atoms with Gasteiger partial charge in [0, 0.05) is 12.8 Å². The summed E-state index contributed by atoms with van der Waals surface area (Å²) in [5.74, 6) is -0.0729. The third-order valence-corrected chi connectivity index (χ3v) is 2.97. The number of ether oxygens (including phenoxy) is 1. The first-order valence-electron chi connectivity index (χ1n) is 5.45. The van der Waals surface area contributed by atoms with Gasteiger partial charge in [-0.15, -0.1) is 0 Å². The van der Waals surface area contributed by atoms with E-state index >= 15 is 0 Å². The first-order chi connectivity index (χ1) is 8.24. The molecule has 1 aromatic carbocycles. The number of nitrogens with zero attached hydrogens (tertiary/aromatic N) is 1. The van der Waals surface area contributed by atoms with E-state index in [2.05, 4.69) is 5.16 Å². The molecule has 0 radical (unpaired) electrons. The van der Waals surface area contributed by atoms with Crippen LogP contribution in [0.2, 0.25) is 0 Å². The number of carbonyl (C=O) groups is 1. The summed E-state index contributed by atoms with van der Waals surface area (Å²) < 4.78 is 5.41. The fourth-order valence-corrected chi connectivity index (χ4v) is 2.05. The van der Waals surface area contributed by atoms with Gasteiger partial charge in [0.05, 0.1) is 12.3 Å². The summed E-state index contributed by atoms with van der Waals surface area (Å²) in [4.78, 5) is 15.6.